The van der Waals surface area contributed by atoms with E-state index in [0.717, 1.165) is 0 Å². The highest BCUT2D eigenvalue weighted by Crippen LogP contribution is 2.17. The number of aromatic amines is 1. The van der Waals surface area contributed by atoms with Gasteiger partial charge in [0.1, 0.15) is 0 Å². The molecular formula is C14H13N7O3. The topological polar surface area (TPSA) is 123 Å². The monoisotopic (exact) mass is 327 g/mol. The van der Waals surface area contributed by atoms with Gasteiger partial charge < -0.3 is 4.98 Å². The van der Waals surface area contributed by atoms with E-state index >= 15 is 0 Å². The minimum atomic E-state index is -0.498. The summed E-state index contributed by atoms with van der Waals surface area (Å²) in [6.45, 7) is 2.21. The smallest absolute Gasteiger partial charge is 0.282 e. The number of carbonyl (C=O) groups is 1. The first kappa shape index (κ1) is 15.3. The van der Waals surface area contributed by atoms with E-state index in [1.165, 1.54) is 34.0 Å². The van der Waals surface area contributed by atoms with Crippen molar-refractivity contribution >= 4 is 17.5 Å². The lowest BCUT2D eigenvalue weighted by atomic mass is 10.3. The highest BCUT2D eigenvalue weighted by molar-refractivity contribution is 6.03. The van der Waals surface area contributed by atoms with Crippen molar-refractivity contribution in [3.63, 3.8) is 0 Å². The summed E-state index contributed by atoms with van der Waals surface area (Å²) in [5.41, 5.74) is 0.484. The third-order valence-corrected chi connectivity index (χ3v) is 3.32. The van der Waals surface area contributed by atoms with Gasteiger partial charge in [0.05, 0.1) is 16.8 Å². The van der Waals surface area contributed by atoms with Crippen molar-refractivity contribution in [3.8, 4) is 5.69 Å². The standard InChI is InChI=1S/C14H13N7O3/c1-2-19(14-15-6-7-16-14)13(22)12-9-20(18-17-12)10-4-3-5-11(8-10)21(23)24/h3-9H,2H2,1H3,(H,15,16). The molecule has 2 heterocycles. The van der Waals surface area contributed by atoms with Crippen LogP contribution in [0, 0.1) is 10.1 Å². The minimum Gasteiger partial charge on any atom is -0.331 e. The van der Waals surface area contributed by atoms with E-state index < -0.39 is 4.92 Å². The number of nitro benzene ring substituents is 1. The Morgan fingerprint density at radius 3 is 2.96 bits per heavy atom. The molecule has 0 aliphatic carbocycles. The molecule has 1 aromatic carbocycles. The summed E-state index contributed by atoms with van der Waals surface area (Å²) in [6.07, 6.45) is 4.59. The normalized spacial score (nSPS) is 10.5. The first-order valence-electron chi connectivity index (χ1n) is 7.08. The number of rotatable bonds is 5. The number of non-ortho nitro benzene ring substituents is 1. The van der Waals surface area contributed by atoms with Gasteiger partial charge in [-0.3, -0.25) is 19.8 Å². The van der Waals surface area contributed by atoms with Crippen molar-refractivity contribution < 1.29 is 9.72 Å². The minimum absolute atomic E-state index is 0.0679. The zero-order valence-corrected chi connectivity index (χ0v) is 12.7. The van der Waals surface area contributed by atoms with Crippen LogP contribution in [0.25, 0.3) is 5.69 Å². The summed E-state index contributed by atoms with van der Waals surface area (Å²) in [6, 6.07) is 5.91. The number of hydrogen-bond donors (Lipinski definition) is 1. The van der Waals surface area contributed by atoms with E-state index in [0.29, 0.717) is 18.2 Å². The molecule has 0 saturated heterocycles. The van der Waals surface area contributed by atoms with Crippen LogP contribution in [0.2, 0.25) is 0 Å². The molecule has 2 aromatic heterocycles. The van der Waals surface area contributed by atoms with E-state index in [1.807, 2.05) is 6.92 Å². The number of carbonyl (C=O) groups excluding carboxylic acids is 1. The number of hydrogen-bond acceptors (Lipinski definition) is 6. The molecule has 0 aliphatic heterocycles. The molecule has 0 spiro atoms. The predicted octanol–water partition coefficient (Wildman–Crippen LogP) is 1.57. The average Bonchev–Trinajstić information content (AvgIpc) is 3.27. The van der Waals surface area contributed by atoms with Crippen LogP contribution in [0.5, 0.6) is 0 Å². The second kappa shape index (κ2) is 6.28. The number of nitrogens with zero attached hydrogens (tertiary/aromatic N) is 6. The van der Waals surface area contributed by atoms with Crippen LogP contribution in [-0.2, 0) is 0 Å². The first-order chi connectivity index (χ1) is 11.6. The van der Waals surface area contributed by atoms with Crippen molar-refractivity contribution in [2.75, 3.05) is 11.4 Å². The fraction of sp³-hybridized carbons (Fsp3) is 0.143. The maximum Gasteiger partial charge on any atom is 0.282 e. The second-order valence-electron chi connectivity index (χ2n) is 4.79. The fourth-order valence-electron chi connectivity index (χ4n) is 2.17. The predicted molar refractivity (Wildman–Crippen MR) is 84.0 cm³/mol. The molecule has 10 nitrogen and oxygen atoms in total. The highest BCUT2D eigenvalue weighted by atomic mass is 16.6. The quantitative estimate of drug-likeness (QED) is 0.560. The van der Waals surface area contributed by atoms with Crippen molar-refractivity contribution in [1.82, 2.24) is 25.0 Å². The van der Waals surface area contributed by atoms with Crippen LogP contribution < -0.4 is 4.90 Å². The molecule has 122 valence electrons. The Morgan fingerprint density at radius 2 is 2.29 bits per heavy atom. The summed E-state index contributed by atoms with van der Waals surface area (Å²) >= 11 is 0. The maximum atomic E-state index is 12.5. The summed E-state index contributed by atoms with van der Waals surface area (Å²) in [5.74, 6) is 0.0385. The van der Waals surface area contributed by atoms with E-state index in [4.69, 9.17) is 0 Å². The number of nitrogens with one attached hydrogen (secondary N) is 1. The van der Waals surface area contributed by atoms with Crippen LogP contribution in [-0.4, -0.2) is 42.3 Å². The molecule has 0 atom stereocenters. The third kappa shape index (κ3) is 2.84. The van der Waals surface area contributed by atoms with Gasteiger partial charge in [0, 0.05) is 31.1 Å². The van der Waals surface area contributed by atoms with Gasteiger partial charge in [0.25, 0.3) is 11.6 Å². The molecule has 0 saturated carbocycles. The van der Waals surface area contributed by atoms with Gasteiger partial charge in [0.2, 0.25) is 5.95 Å². The fourth-order valence-corrected chi connectivity index (χ4v) is 2.17. The van der Waals surface area contributed by atoms with Crippen molar-refractivity contribution in [1.29, 1.82) is 0 Å². The van der Waals surface area contributed by atoms with E-state index in [9.17, 15) is 14.9 Å². The summed E-state index contributed by atoms with van der Waals surface area (Å²) in [7, 11) is 0. The van der Waals surface area contributed by atoms with Crippen molar-refractivity contribution in [3.05, 3.63) is 58.7 Å². The Labute approximate surface area is 135 Å². The number of amides is 1. The summed E-state index contributed by atoms with van der Waals surface area (Å²) in [4.78, 5) is 31.2. The first-order valence-corrected chi connectivity index (χ1v) is 7.08. The number of benzene rings is 1. The molecule has 0 bridgehead atoms. The van der Waals surface area contributed by atoms with Gasteiger partial charge in [-0.25, -0.2) is 9.67 Å². The Morgan fingerprint density at radius 1 is 1.46 bits per heavy atom. The molecule has 1 amide bonds. The largest absolute Gasteiger partial charge is 0.331 e. The Hall–Kier alpha value is -3.56. The zero-order valence-electron chi connectivity index (χ0n) is 12.7. The lowest BCUT2D eigenvalue weighted by Crippen LogP contribution is -2.31. The van der Waals surface area contributed by atoms with Crippen LogP contribution in [0.3, 0.4) is 0 Å². The van der Waals surface area contributed by atoms with Crippen LogP contribution >= 0.6 is 0 Å². The van der Waals surface area contributed by atoms with Crippen LogP contribution in [0.1, 0.15) is 17.4 Å². The van der Waals surface area contributed by atoms with Gasteiger partial charge in [-0.2, -0.15) is 0 Å². The van der Waals surface area contributed by atoms with Gasteiger partial charge in [-0.15, -0.1) is 5.10 Å². The molecule has 24 heavy (non-hydrogen) atoms. The highest BCUT2D eigenvalue weighted by Gasteiger charge is 2.21. The molecule has 0 radical (unpaired) electrons. The SMILES string of the molecule is CCN(C(=O)c1cn(-c2cccc([N+](=O)[O-])c2)nn1)c1ncc[nH]1. The number of aromatic nitrogens is 5. The van der Waals surface area contributed by atoms with Gasteiger partial charge in [0.15, 0.2) is 5.69 Å². The van der Waals surface area contributed by atoms with E-state index in [1.54, 1.807) is 18.5 Å². The molecule has 3 rings (SSSR count). The summed E-state index contributed by atoms with van der Waals surface area (Å²) < 4.78 is 1.32. The van der Waals surface area contributed by atoms with E-state index in [-0.39, 0.29) is 17.3 Å². The molecule has 10 heteroatoms. The molecule has 0 aliphatic rings. The Kier molecular flexibility index (Phi) is 4.01. The number of anilines is 1. The van der Waals surface area contributed by atoms with Gasteiger partial charge in [-0.1, -0.05) is 11.3 Å². The second-order valence-corrected chi connectivity index (χ2v) is 4.79. The molecule has 3 aromatic rings. The van der Waals surface area contributed by atoms with Crippen LogP contribution in [0.4, 0.5) is 11.6 Å². The maximum absolute atomic E-state index is 12.5. The van der Waals surface area contributed by atoms with Crippen molar-refractivity contribution in [2.24, 2.45) is 0 Å². The molecule has 0 unspecified atom stereocenters. The number of imidazole rings is 1. The number of nitro groups is 1. The van der Waals surface area contributed by atoms with Gasteiger partial charge in [-0.05, 0) is 13.0 Å². The van der Waals surface area contributed by atoms with Crippen LogP contribution in [0.15, 0.2) is 42.9 Å². The molecule has 0 fully saturated rings. The Bertz CT molecular complexity index is 872. The molecule has 1 N–H and O–H groups in total. The average molecular weight is 327 g/mol. The lowest BCUT2D eigenvalue weighted by molar-refractivity contribution is -0.384. The zero-order chi connectivity index (χ0) is 17.1. The van der Waals surface area contributed by atoms with Crippen molar-refractivity contribution in [2.45, 2.75) is 6.92 Å². The third-order valence-electron chi connectivity index (χ3n) is 3.32. The lowest BCUT2D eigenvalue weighted by Gasteiger charge is -2.15. The van der Waals surface area contributed by atoms with E-state index in [2.05, 4.69) is 20.3 Å². The van der Waals surface area contributed by atoms with Gasteiger partial charge >= 0.3 is 0 Å². The number of H-pyrrole nitrogens is 1. The summed E-state index contributed by atoms with van der Waals surface area (Å²) in [5, 5.41) is 18.6. The Balaban J connectivity index is 1.89. The molecular weight excluding hydrogens is 314 g/mol.